The summed E-state index contributed by atoms with van der Waals surface area (Å²) in [4.78, 5) is 24.3. The fourth-order valence-electron chi connectivity index (χ4n) is 1.87. The molecule has 20 heavy (non-hydrogen) atoms. The lowest BCUT2D eigenvalue weighted by Crippen LogP contribution is -2.49. The molecule has 110 valence electrons. The van der Waals surface area contributed by atoms with E-state index in [2.05, 4.69) is 0 Å². The summed E-state index contributed by atoms with van der Waals surface area (Å²) in [6.45, 7) is 5.49. The Morgan fingerprint density at radius 2 is 1.85 bits per heavy atom. The number of carbonyl (C=O) groups is 2. The minimum Gasteiger partial charge on any atom is -0.494 e. The topological polar surface area (TPSA) is 66.8 Å². The number of carboxylic acid groups (broad SMARTS) is 1. The zero-order chi connectivity index (χ0) is 15.3. The maximum absolute atomic E-state index is 11.6. The van der Waals surface area contributed by atoms with Crippen molar-refractivity contribution in [2.75, 3.05) is 13.7 Å². The first-order valence-electron chi connectivity index (χ1n) is 6.55. The van der Waals surface area contributed by atoms with Gasteiger partial charge in [0, 0.05) is 14.0 Å². The minimum atomic E-state index is -1.39. The summed E-state index contributed by atoms with van der Waals surface area (Å²) in [5, 5.41) is 9.49. The van der Waals surface area contributed by atoms with Crippen LogP contribution in [0.4, 0.5) is 0 Å². The summed E-state index contributed by atoms with van der Waals surface area (Å²) < 4.78 is 5.46. The number of amides is 1. The van der Waals surface area contributed by atoms with E-state index in [1.54, 1.807) is 24.3 Å². The van der Waals surface area contributed by atoms with Crippen molar-refractivity contribution >= 4 is 11.9 Å². The fraction of sp³-hybridized carbons (Fsp3) is 0.467. The van der Waals surface area contributed by atoms with E-state index in [-0.39, 0.29) is 5.91 Å². The van der Waals surface area contributed by atoms with Crippen LogP contribution in [-0.2, 0) is 15.1 Å². The van der Waals surface area contributed by atoms with Crippen molar-refractivity contribution in [2.45, 2.75) is 32.7 Å². The number of rotatable bonds is 6. The molecule has 0 saturated heterocycles. The number of hydrogen-bond acceptors (Lipinski definition) is 3. The average Bonchev–Trinajstić information content (AvgIpc) is 2.43. The monoisotopic (exact) mass is 279 g/mol. The van der Waals surface area contributed by atoms with Crippen molar-refractivity contribution in [1.29, 1.82) is 0 Å². The minimum absolute atomic E-state index is 0.304. The maximum atomic E-state index is 11.6. The number of ether oxygens (including phenoxy) is 1. The Morgan fingerprint density at radius 3 is 2.25 bits per heavy atom. The van der Waals surface area contributed by atoms with Crippen LogP contribution in [0.2, 0.25) is 0 Å². The molecule has 5 nitrogen and oxygen atoms in total. The van der Waals surface area contributed by atoms with Crippen LogP contribution in [0.5, 0.6) is 5.75 Å². The highest BCUT2D eigenvalue weighted by atomic mass is 16.5. The molecule has 1 unspecified atom stereocenters. The summed E-state index contributed by atoms with van der Waals surface area (Å²) >= 11 is 0. The first-order valence-corrected chi connectivity index (χ1v) is 6.55. The van der Waals surface area contributed by atoms with Crippen molar-refractivity contribution in [1.82, 2.24) is 4.90 Å². The van der Waals surface area contributed by atoms with E-state index in [4.69, 9.17) is 4.74 Å². The lowest BCUT2D eigenvalue weighted by atomic mass is 9.90. The molecule has 0 saturated carbocycles. The van der Waals surface area contributed by atoms with Gasteiger partial charge < -0.3 is 14.7 Å². The number of carboxylic acids is 1. The summed E-state index contributed by atoms with van der Waals surface area (Å²) in [6.07, 6.45) is 0.904. The number of aliphatic carboxylic acids is 1. The molecule has 5 heteroatoms. The van der Waals surface area contributed by atoms with E-state index in [9.17, 15) is 14.7 Å². The standard InChI is InChI=1S/C15H21NO4/c1-5-10-20-13-8-6-12(7-9-13)15(3,14(18)19)16(4)11(2)17/h6-9H,5,10H2,1-4H3,(H,18,19). The number of benzene rings is 1. The van der Waals surface area contributed by atoms with Gasteiger partial charge in [-0.25, -0.2) is 4.79 Å². The Labute approximate surface area is 119 Å². The van der Waals surface area contributed by atoms with Gasteiger partial charge in [0.05, 0.1) is 6.61 Å². The number of carbonyl (C=O) groups excluding carboxylic acids is 1. The molecule has 0 spiro atoms. The first kappa shape index (κ1) is 16.0. The van der Waals surface area contributed by atoms with Gasteiger partial charge in [-0.3, -0.25) is 4.79 Å². The Balaban J connectivity index is 3.10. The van der Waals surface area contributed by atoms with Crippen molar-refractivity contribution in [3.8, 4) is 5.75 Å². The van der Waals surface area contributed by atoms with Crippen LogP contribution >= 0.6 is 0 Å². The summed E-state index contributed by atoms with van der Waals surface area (Å²) in [5.74, 6) is -0.688. The largest absolute Gasteiger partial charge is 0.494 e. The summed E-state index contributed by atoms with van der Waals surface area (Å²) in [5.41, 5.74) is -0.860. The molecule has 0 radical (unpaired) electrons. The number of hydrogen-bond donors (Lipinski definition) is 1. The van der Waals surface area contributed by atoms with Crippen LogP contribution in [0.1, 0.15) is 32.8 Å². The molecule has 0 aliphatic carbocycles. The molecular formula is C15H21NO4. The third kappa shape index (κ3) is 3.10. The zero-order valence-electron chi connectivity index (χ0n) is 12.3. The Hall–Kier alpha value is -2.04. The molecule has 0 aliphatic heterocycles. The SMILES string of the molecule is CCCOc1ccc(C(C)(C(=O)O)N(C)C(C)=O)cc1. The molecule has 1 amide bonds. The molecule has 0 aliphatic rings. The van der Waals surface area contributed by atoms with Crippen molar-refractivity contribution < 1.29 is 19.4 Å². The van der Waals surface area contributed by atoms with Crippen LogP contribution < -0.4 is 4.74 Å². The van der Waals surface area contributed by atoms with E-state index < -0.39 is 11.5 Å². The van der Waals surface area contributed by atoms with Gasteiger partial charge in [-0.15, -0.1) is 0 Å². The molecule has 1 atom stereocenters. The second-order valence-corrected chi connectivity index (χ2v) is 4.83. The van der Waals surface area contributed by atoms with Crippen LogP contribution in [0.25, 0.3) is 0 Å². The molecule has 1 aromatic rings. The zero-order valence-corrected chi connectivity index (χ0v) is 12.3. The van der Waals surface area contributed by atoms with Gasteiger partial charge >= 0.3 is 5.97 Å². The fourth-order valence-corrected chi connectivity index (χ4v) is 1.87. The Morgan fingerprint density at radius 1 is 1.30 bits per heavy atom. The first-order chi connectivity index (χ1) is 9.33. The van der Waals surface area contributed by atoms with Crippen LogP contribution in [0.15, 0.2) is 24.3 Å². The van der Waals surface area contributed by atoms with Gasteiger partial charge in [0.15, 0.2) is 5.54 Å². The predicted molar refractivity (Wildman–Crippen MR) is 75.7 cm³/mol. The highest BCUT2D eigenvalue weighted by Crippen LogP contribution is 2.29. The van der Waals surface area contributed by atoms with Crippen molar-refractivity contribution in [3.63, 3.8) is 0 Å². The quantitative estimate of drug-likeness (QED) is 0.867. The molecule has 0 fully saturated rings. The highest BCUT2D eigenvalue weighted by molar-refractivity contribution is 5.86. The molecule has 1 rings (SSSR count). The summed E-state index contributed by atoms with van der Waals surface area (Å²) in [7, 11) is 1.48. The van der Waals surface area contributed by atoms with E-state index in [0.717, 1.165) is 6.42 Å². The molecule has 0 bridgehead atoms. The van der Waals surface area contributed by atoms with Crippen molar-refractivity contribution in [3.05, 3.63) is 29.8 Å². The van der Waals surface area contributed by atoms with Gasteiger partial charge in [0.25, 0.3) is 0 Å². The smallest absolute Gasteiger partial charge is 0.334 e. The summed E-state index contributed by atoms with van der Waals surface area (Å²) in [6, 6.07) is 6.80. The van der Waals surface area contributed by atoms with Gasteiger partial charge in [0.2, 0.25) is 5.91 Å². The van der Waals surface area contributed by atoms with Crippen LogP contribution in [-0.4, -0.2) is 35.5 Å². The van der Waals surface area contributed by atoms with Crippen LogP contribution in [0.3, 0.4) is 0 Å². The van der Waals surface area contributed by atoms with Gasteiger partial charge in [0.1, 0.15) is 5.75 Å². The highest BCUT2D eigenvalue weighted by Gasteiger charge is 2.40. The number of likely N-dealkylation sites (N-methyl/N-ethyl adjacent to an activating group) is 1. The molecule has 0 heterocycles. The maximum Gasteiger partial charge on any atom is 0.334 e. The molecule has 0 aromatic heterocycles. The van der Waals surface area contributed by atoms with E-state index >= 15 is 0 Å². The average molecular weight is 279 g/mol. The second-order valence-electron chi connectivity index (χ2n) is 4.83. The Kier molecular flexibility index (Phi) is 5.13. The lowest BCUT2D eigenvalue weighted by Gasteiger charge is -2.34. The van der Waals surface area contributed by atoms with Gasteiger partial charge in [-0.05, 0) is 31.0 Å². The molecule has 1 aromatic carbocycles. The van der Waals surface area contributed by atoms with E-state index in [1.165, 1.54) is 25.8 Å². The normalized spacial score (nSPS) is 13.4. The van der Waals surface area contributed by atoms with E-state index in [0.29, 0.717) is 17.9 Å². The van der Waals surface area contributed by atoms with Crippen molar-refractivity contribution in [2.24, 2.45) is 0 Å². The third-order valence-corrected chi connectivity index (χ3v) is 3.45. The van der Waals surface area contributed by atoms with Gasteiger partial charge in [-0.1, -0.05) is 19.1 Å². The molecular weight excluding hydrogens is 258 g/mol. The second kappa shape index (κ2) is 6.41. The predicted octanol–water partition coefficient (Wildman–Crippen LogP) is 2.25. The van der Waals surface area contributed by atoms with E-state index in [1.807, 2.05) is 6.92 Å². The third-order valence-electron chi connectivity index (χ3n) is 3.45. The molecule has 1 N–H and O–H groups in total. The van der Waals surface area contributed by atoms with Crippen LogP contribution in [0, 0.1) is 0 Å². The number of nitrogens with zero attached hydrogens (tertiary/aromatic N) is 1. The van der Waals surface area contributed by atoms with Gasteiger partial charge in [-0.2, -0.15) is 0 Å². The lowest BCUT2D eigenvalue weighted by molar-refractivity contribution is -0.156. The Bertz CT molecular complexity index is 483.